The van der Waals surface area contributed by atoms with Gasteiger partial charge in [0, 0.05) is 6.85 Å². The summed E-state index contributed by atoms with van der Waals surface area (Å²) in [7, 11) is 0. The molecule has 0 aliphatic carbocycles. The molecule has 7 rings (SSSR count). The highest BCUT2D eigenvalue weighted by molar-refractivity contribution is 5.47. The van der Waals surface area contributed by atoms with Crippen molar-refractivity contribution in [3.63, 3.8) is 0 Å². The standard InChI is InChI=1S/C19H32.2C15H24.C14H22.2C13H20.C10H14/c1-13-15(18(5,6)7)11-14(17(2,3)4)12-16(13)19(8,9)10;1-11-8-12(14(2,3)4)10-13(9-11)15(5,6)7;1-11-12(14(2,3)4)9-8-10-13(11)15(5,6)7;1-10(2)12-7-11(3)8-13(9-12)14(4,5)6;2*1-9(2)12-6-11(5)7-13(8-12)10(3)4;1-8(2)10-7-5-4-6-9(10)3/h11-12H,1-10H3;2*8-10H,1-7H3;7-10H,1-6H3;2*6-10H,1-5H3;4-8H,1-3H3/i11D,12D;2*8D,9D,10D;10D;9D,10D;9D;8D. The fourth-order valence-electron chi connectivity index (χ4n) is 11.2. The van der Waals surface area contributed by atoms with Crippen LogP contribution < -0.4 is 0 Å². The molecule has 0 fully saturated rings. The van der Waals surface area contributed by atoms with E-state index < -0.39 is 29.5 Å². The highest BCUT2D eigenvalue weighted by atomic mass is 14.3. The molecule has 0 heterocycles. The van der Waals surface area contributed by atoms with Crippen molar-refractivity contribution >= 4 is 0 Å². The highest BCUT2D eigenvalue weighted by Crippen LogP contribution is 2.39. The third-order valence-electron chi connectivity index (χ3n) is 17.3. The van der Waals surface area contributed by atoms with E-state index in [0.29, 0.717) is 41.7 Å². The summed E-state index contributed by atoms with van der Waals surface area (Å²) < 4.78 is 106. The van der Waals surface area contributed by atoms with Crippen molar-refractivity contribution in [3.8, 4) is 0 Å². The number of aryl methyl sites for hydroxylation is 4. The molecule has 99 heavy (non-hydrogen) atoms. The lowest BCUT2D eigenvalue weighted by Crippen LogP contribution is -2.23. The van der Waals surface area contributed by atoms with Gasteiger partial charge in [0.2, 0.25) is 0 Å². The molecule has 0 saturated carbocycles. The van der Waals surface area contributed by atoms with Gasteiger partial charge in [0.05, 0.1) is 11.0 Å². The summed E-state index contributed by atoms with van der Waals surface area (Å²) in [6, 6.07) is 29.7. The van der Waals surface area contributed by atoms with E-state index in [1.165, 1.54) is 27.8 Å². The summed E-state index contributed by atoms with van der Waals surface area (Å²) in [6.45, 7) is 88.0. The van der Waals surface area contributed by atoms with Crippen LogP contribution in [0.5, 0.6) is 0 Å². The maximum atomic E-state index is 8.72. The third-order valence-corrected chi connectivity index (χ3v) is 17.3. The van der Waals surface area contributed by atoms with Crippen molar-refractivity contribution in [2.75, 3.05) is 0 Å². The molecule has 0 bridgehead atoms. The van der Waals surface area contributed by atoms with Crippen molar-refractivity contribution < 1.29 is 17.8 Å². The second kappa shape index (κ2) is 37.1. The van der Waals surface area contributed by atoms with Crippen LogP contribution >= 0.6 is 0 Å². The first-order chi connectivity index (χ1) is 49.4. The van der Waals surface area contributed by atoms with Gasteiger partial charge in [-0.3, -0.25) is 0 Å². The van der Waals surface area contributed by atoms with Crippen LogP contribution in [0, 0.1) is 48.5 Å². The van der Waals surface area contributed by atoms with Crippen LogP contribution in [0.3, 0.4) is 0 Å². The van der Waals surface area contributed by atoms with Crippen LogP contribution in [0.2, 0.25) is 0 Å². The SMILES string of the molecule is [2H]C(C)(C)c1cc(C)cc(C(C)(C)C)c1.[2H]C(C)(C)c1cc(C)cc(C(C)C)c1.[2H]C(C)(C)c1cc(C)cc(C([2H])(C)C)c1.[2H]C(C)(C)c1ccccc1C.[2H]c1c(C(C)(C)C)c([2H])c(C(C)(C)C)c(C)c1C(C)(C)C.[2H]c1c(C)c([2H])c(C(C)(C)C)c([2H])c1C(C)(C)C.[2H]c1c([2H])c(C(C)(C)C)c(C)c(C(C)(C)C)c1[2H]. The summed E-state index contributed by atoms with van der Waals surface area (Å²) in [5.74, 6) is -2.11. The van der Waals surface area contributed by atoms with Gasteiger partial charge in [-0.05, 0) is 222 Å². The predicted octanol–water partition coefficient (Wildman–Crippen LogP) is 31.1. The molecule has 0 radical (unpaired) electrons. The van der Waals surface area contributed by atoms with Gasteiger partial charge in [-0.25, -0.2) is 0 Å². The van der Waals surface area contributed by atoms with Gasteiger partial charge in [-0.2, -0.15) is 0 Å². The van der Waals surface area contributed by atoms with Gasteiger partial charge >= 0.3 is 0 Å². The molecule has 0 aliphatic heterocycles. The molecular formula is C99H156. The van der Waals surface area contributed by atoms with Gasteiger partial charge < -0.3 is 0 Å². The number of rotatable bonds is 6. The summed E-state index contributed by atoms with van der Waals surface area (Å²) in [6.07, 6.45) is 0. The first-order valence-electron chi connectivity index (χ1n) is 43.2. The maximum Gasteiger partial charge on any atom is 0.0629 e. The maximum absolute atomic E-state index is 8.72. The predicted molar refractivity (Wildman–Crippen MR) is 452 cm³/mol. The molecule has 552 valence electrons. The Hall–Kier alpha value is -5.46. The Labute approximate surface area is 635 Å². The molecule has 0 nitrogen and oxygen atoms in total. The van der Waals surface area contributed by atoms with Gasteiger partial charge in [0.25, 0.3) is 0 Å². The Morgan fingerprint density at radius 2 is 0.556 bits per heavy atom. The minimum atomic E-state index is -0.591. The molecule has 0 aliphatic rings. The molecule has 0 atom stereocenters. The Bertz CT molecular complexity index is 3900. The van der Waals surface area contributed by atoms with E-state index in [2.05, 4.69) is 196 Å². The number of benzene rings is 7. The van der Waals surface area contributed by atoms with E-state index in [1.807, 2.05) is 181 Å². The van der Waals surface area contributed by atoms with Crippen LogP contribution in [0.1, 0.15) is 419 Å². The van der Waals surface area contributed by atoms with Crippen molar-refractivity contribution in [2.24, 2.45) is 0 Å². The average Bonchev–Trinajstić information content (AvgIpc) is 0.747. The lowest BCUT2D eigenvalue weighted by atomic mass is 9.73. The zero-order valence-electron chi connectivity index (χ0n) is 85.1. The fourth-order valence-corrected chi connectivity index (χ4v) is 11.2. The Morgan fingerprint density at radius 1 is 0.273 bits per heavy atom. The first-order valence-corrected chi connectivity index (χ1v) is 36.7. The van der Waals surface area contributed by atoms with E-state index in [-0.39, 0.29) is 61.4 Å². The Balaban J connectivity index is 0.000000658. The van der Waals surface area contributed by atoms with Gasteiger partial charge in [-0.1, -0.05) is 399 Å². The second-order valence-electron chi connectivity index (χ2n) is 37.8. The molecule has 7 aromatic rings. The van der Waals surface area contributed by atoms with Gasteiger partial charge in [0.15, 0.2) is 0 Å². The van der Waals surface area contributed by atoms with Crippen molar-refractivity contribution in [1.82, 2.24) is 0 Å². The van der Waals surface area contributed by atoms with Crippen LogP contribution in [-0.4, -0.2) is 0 Å². The zero-order chi connectivity index (χ0) is 89.0. The molecular weight excluding hydrogens is 1190 g/mol. The lowest BCUT2D eigenvalue weighted by molar-refractivity contribution is 0.542. The first kappa shape index (κ1) is 70.6. The second-order valence-corrected chi connectivity index (χ2v) is 37.8. The van der Waals surface area contributed by atoms with Gasteiger partial charge in [0.1, 0.15) is 0 Å². The van der Waals surface area contributed by atoms with E-state index in [9.17, 15) is 0 Å². The largest absolute Gasteiger partial charge is 0.0629 e. The minimum absolute atomic E-state index is 0.0513. The average molecular weight is 1360 g/mol. The summed E-state index contributed by atoms with van der Waals surface area (Å²) >= 11 is 0. The monoisotopic (exact) mass is 1360 g/mol. The molecule has 0 spiro atoms. The number of hydrogen-bond donors (Lipinski definition) is 0. The summed E-state index contributed by atoms with van der Waals surface area (Å²) in [5.41, 5.74) is 20.9. The molecule has 0 heteroatoms. The quantitative estimate of drug-likeness (QED) is 0.156. The zero-order valence-corrected chi connectivity index (χ0v) is 72.1. The normalized spacial score (nSPS) is 14.7. The van der Waals surface area contributed by atoms with Crippen LogP contribution in [0.25, 0.3) is 0 Å². The van der Waals surface area contributed by atoms with Crippen molar-refractivity contribution in [1.29, 1.82) is 0 Å². The van der Waals surface area contributed by atoms with Crippen LogP contribution in [0.15, 0.2) is 127 Å². The van der Waals surface area contributed by atoms with E-state index in [0.717, 1.165) is 83.5 Å². The smallest absolute Gasteiger partial charge is 0.0620 e. The minimum Gasteiger partial charge on any atom is -0.0620 e. The molecule has 0 N–H and O–H groups in total. The van der Waals surface area contributed by atoms with Crippen molar-refractivity contribution in [3.05, 3.63) is 244 Å². The third kappa shape index (κ3) is 31.4. The molecule has 7 aromatic carbocycles. The molecule has 0 aromatic heterocycles. The number of hydrogen-bond acceptors (Lipinski definition) is 0. The van der Waals surface area contributed by atoms with E-state index in [1.54, 1.807) is 0 Å². The van der Waals surface area contributed by atoms with E-state index >= 15 is 0 Å². The fraction of sp³-hybridized carbons (Fsp3) is 0.576. The van der Waals surface area contributed by atoms with Crippen LogP contribution in [-0.2, 0) is 43.3 Å². The van der Waals surface area contributed by atoms with E-state index in [4.69, 9.17) is 17.8 Å². The van der Waals surface area contributed by atoms with Crippen LogP contribution in [0.4, 0.5) is 0 Å². The molecule has 0 saturated heterocycles. The molecule has 0 unspecified atom stereocenters. The van der Waals surface area contributed by atoms with Crippen molar-refractivity contribution in [2.45, 2.75) is 376 Å². The topological polar surface area (TPSA) is 0 Å². The van der Waals surface area contributed by atoms with Gasteiger partial charge in [-0.15, -0.1) is 0 Å². The summed E-state index contributed by atoms with van der Waals surface area (Å²) in [5, 5.41) is 0. The summed E-state index contributed by atoms with van der Waals surface area (Å²) in [4.78, 5) is 0. The lowest BCUT2D eigenvalue weighted by Gasteiger charge is -2.32. The molecule has 0 amide bonds. The Morgan fingerprint density at radius 3 is 0.838 bits per heavy atom. The highest BCUT2D eigenvalue weighted by Gasteiger charge is 2.28. The Kier molecular flexibility index (Phi) is 26.5.